The van der Waals surface area contributed by atoms with Crippen molar-refractivity contribution in [1.82, 2.24) is 0 Å². The van der Waals surface area contributed by atoms with E-state index in [1.807, 2.05) is 13.0 Å². The van der Waals surface area contributed by atoms with E-state index in [2.05, 4.69) is 6.08 Å². The summed E-state index contributed by atoms with van der Waals surface area (Å²) >= 11 is 0. The minimum atomic E-state index is 0.768. The number of rotatable bonds is 2. The van der Waals surface area contributed by atoms with Gasteiger partial charge in [-0.15, -0.1) is 0 Å². The molecule has 0 unspecified atom stereocenters. The Morgan fingerprint density at radius 2 is 2.33 bits per heavy atom. The van der Waals surface area contributed by atoms with E-state index in [4.69, 9.17) is 5.73 Å². The lowest BCUT2D eigenvalue weighted by Gasteiger charge is -1.77. The minimum Gasteiger partial charge on any atom is -0.330 e. The van der Waals surface area contributed by atoms with E-state index in [-0.39, 0.29) is 0 Å². The Morgan fingerprint density at radius 3 is 2.50 bits per heavy atom. The first-order valence-corrected chi connectivity index (χ1v) is 2.23. The topological polar surface area (TPSA) is 26.0 Å². The van der Waals surface area contributed by atoms with Crippen LogP contribution in [0.5, 0.6) is 0 Å². The maximum absolute atomic E-state index is 5.16. The van der Waals surface area contributed by atoms with Gasteiger partial charge >= 0.3 is 0 Å². The standard InChI is InChI=1S/C5H11N/c1-2-3-4-5-6/h2-3H,4-6H2,1H3. The van der Waals surface area contributed by atoms with Crippen LogP contribution < -0.4 is 5.73 Å². The van der Waals surface area contributed by atoms with E-state index in [0.717, 1.165) is 13.0 Å². The zero-order valence-electron chi connectivity index (χ0n) is 4.15. The van der Waals surface area contributed by atoms with E-state index < -0.39 is 0 Å². The molecule has 0 rings (SSSR count). The zero-order valence-corrected chi connectivity index (χ0v) is 4.15. The van der Waals surface area contributed by atoms with E-state index in [9.17, 15) is 0 Å². The van der Waals surface area contributed by atoms with Crippen molar-refractivity contribution >= 4 is 0 Å². The summed E-state index contributed by atoms with van der Waals surface area (Å²) in [5.74, 6) is 0. The molecule has 1 heteroatoms. The van der Waals surface area contributed by atoms with Gasteiger partial charge in [-0.2, -0.15) is 0 Å². The van der Waals surface area contributed by atoms with Crippen LogP contribution in [0.25, 0.3) is 0 Å². The Bertz CT molecular complexity index is 39.2. The van der Waals surface area contributed by atoms with Crippen LogP contribution in [-0.2, 0) is 0 Å². The molecule has 6 heavy (non-hydrogen) atoms. The highest BCUT2D eigenvalue weighted by molar-refractivity contribution is 4.76. The lowest BCUT2D eigenvalue weighted by atomic mass is 10.4. The van der Waals surface area contributed by atoms with E-state index in [0.29, 0.717) is 0 Å². The summed E-state index contributed by atoms with van der Waals surface area (Å²) in [4.78, 5) is 0. The zero-order chi connectivity index (χ0) is 4.83. The van der Waals surface area contributed by atoms with Crippen molar-refractivity contribution in [3.63, 3.8) is 0 Å². The van der Waals surface area contributed by atoms with Crippen molar-refractivity contribution < 1.29 is 0 Å². The van der Waals surface area contributed by atoms with Crippen LogP contribution in [-0.4, -0.2) is 6.54 Å². The summed E-state index contributed by atoms with van der Waals surface area (Å²) in [6.07, 6.45) is 5.07. The van der Waals surface area contributed by atoms with Crippen molar-refractivity contribution in [2.75, 3.05) is 6.54 Å². The van der Waals surface area contributed by atoms with Gasteiger partial charge in [0, 0.05) is 0 Å². The number of allylic oxidation sites excluding steroid dienone is 1. The summed E-state index contributed by atoms with van der Waals surface area (Å²) in [6, 6.07) is 0. The van der Waals surface area contributed by atoms with Crippen LogP contribution in [0.15, 0.2) is 12.2 Å². The molecule has 0 aliphatic carbocycles. The Morgan fingerprint density at radius 1 is 1.67 bits per heavy atom. The maximum Gasteiger partial charge on any atom is -0.00426 e. The van der Waals surface area contributed by atoms with Crippen molar-refractivity contribution in [2.45, 2.75) is 13.3 Å². The highest BCUT2D eigenvalue weighted by atomic mass is 14.5. The molecule has 0 heterocycles. The molecule has 0 aliphatic heterocycles. The van der Waals surface area contributed by atoms with Gasteiger partial charge in [-0.1, -0.05) is 12.2 Å². The third-order valence-electron chi connectivity index (χ3n) is 0.569. The quantitative estimate of drug-likeness (QED) is 0.495. The van der Waals surface area contributed by atoms with E-state index in [1.165, 1.54) is 0 Å². The molecule has 0 bridgehead atoms. The third-order valence-corrected chi connectivity index (χ3v) is 0.569. The monoisotopic (exact) mass is 85.1 g/mol. The molecular weight excluding hydrogens is 74.1 g/mol. The van der Waals surface area contributed by atoms with Crippen LogP contribution >= 0.6 is 0 Å². The molecule has 0 aromatic heterocycles. The molecule has 1 nitrogen and oxygen atoms in total. The van der Waals surface area contributed by atoms with Gasteiger partial charge in [-0.25, -0.2) is 0 Å². The molecule has 0 atom stereocenters. The average molecular weight is 85.2 g/mol. The molecule has 0 aliphatic rings. The van der Waals surface area contributed by atoms with Crippen LogP contribution in [0.3, 0.4) is 0 Å². The average Bonchev–Trinajstić information content (AvgIpc) is 1.61. The second-order valence-corrected chi connectivity index (χ2v) is 1.15. The molecular formula is C5H11N. The fourth-order valence-electron chi connectivity index (χ4n) is 0.263. The second-order valence-electron chi connectivity index (χ2n) is 1.15. The van der Waals surface area contributed by atoms with Crippen LogP contribution in [0.1, 0.15) is 13.3 Å². The van der Waals surface area contributed by atoms with E-state index in [1.54, 1.807) is 0 Å². The number of nitrogens with two attached hydrogens (primary N) is 1. The molecule has 0 saturated carbocycles. The Kier molecular flexibility index (Phi) is 4.46. The summed E-state index contributed by atoms with van der Waals surface area (Å²) in [6.45, 7) is 2.76. The molecule has 0 aromatic carbocycles. The Hall–Kier alpha value is -0.300. The van der Waals surface area contributed by atoms with Crippen LogP contribution in [0.4, 0.5) is 0 Å². The molecule has 0 spiro atoms. The van der Waals surface area contributed by atoms with Gasteiger partial charge in [0.2, 0.25) is 0 Å². The van der Waals surface area contributed by atoms with Gasteiger partial charge in [-0.05, 0) is 19.9 Å². The Labute approximate surface area is 38.8 Å². The first kappa shape index (κ1) is 5.70. The summed E-state index contributed by atoms with van der Waals surface area (Å²) in [5, 5.41) is 0. The van der Waals surface area contributed by atoms with Gasteiger partial charge in [0.05, 0.1) is 0 Å². The largest absolute Gasteiger partial charge is 0.330 e. The third kappa shape index (κ3) is 3.70. The van der Waals surface area contributed by atoms with Gasteiger partial charge in [0.1, 0.15) is 0 Å². The first-order chi connectivity index (χ1) is 2.91. The van der Waals surface area contributed by atoms with Gasteiger partial charge in [0.15, 0.2) is 0 Å². The molecule has 0 saturated heterocycles. The van der Waals surface area contributed by atoms with Crippen LogP contribution in [0, 0.1) is 0 Å². The van der Waals surface area contributed by atoms with Gasteiger partial charge < -0.3 is 5.73 Å². The molecule has 0 amide bonds. The van der Waals surface area contributed by atoms with E-state index >= 15 is 0 Å². The van der Waals surface area contributed by atoms with Crippen molar-refractivity contribution in [2.24, 2.45) is 5.73 Å². The lowest BCUT2D eigenvalue weighted by molar-refractivity contribution is 1.01. The highest BCUT2D eigenvalue weighted by Crippen LogP contribution is 1.73. The predicted octanol–water partition coefficient (Wildman–Crippen LogP) is 0.911. The SMILES string of the molecule is CC=CCCN. The van der Waals surface area contributed by atoms with Crippen LogP contribution in [0.2, 0.25) is 0 Å². The normalized spacial score (nSPS) is 10.3. The Balaban J connectivity index is 2.66. The number of hydrogen-bond acceptors (Lipinski definition) is 1. The molecule has 0 aromatic rings. The minimum absolute atomic E-state index is 0.768. The fraction of sp³-hybridized carbons (Fsp3) is 0.600. The van der Waals surface area contributed by atoms with Gasteiger partial charge in [0.25, 0.3) is 0 Å². The van der Waals surface area contributed by atoms with Gasteiger partial charge in [-0.3, -0.25) is 0 Å². The summed E-state index contributed by atoms with van der Waals surface area (Å²) < 4.78 is 0. The van der Waals surface area contributed by atoms with Crippen molar-refractivity contribution in [1.29, 1.82) is 0 Å². The second kappa shape index (κ2) is 4.70. The molecule has 0 fully saturated rings. The highest BCUT2D eigenvalue weighted by Gasteiger charge is 1.64. The molecule has 36 valence electrons. The summed E-state index contributed by atoms with van der Waals surface area (Å²) in [5.41, 5.74) is 5.16. The van der Waals surface area contributed by atoms with Crippen molar-refractivity contribution in [3.05, 3.63) is 12.2 Å². The molecule has 2 N–H and O–H groups in total. The lowest BCUT2D eigenvalue weighted by Crippen LogP contribution is -1.94. The smallest absolute Gasteiger partial charge is 0.00426 e. The molecule has 0 radical (unpaired) electrons. The predicted molar refractivity (Wildman–Crippen MR) is 28.5 cm³/mol. The number of hydrogen-bond donors (Lipinski definition) is 1. The maximum atomic E-state index is 5.16. The summed E-state index contributed by atoms with van der Waals surface area (Å²) in [7, 11) is 0. The fourth-order valence-corrected chi connectivity index (χ4v) is 0.263. The van der Waals surface area contributed by atoms with Crippen molar-refractivity contribution in [3.8, 4) is 0 Å². The first-order valence-electron chi connectivity index (χ1n) is 2.23.